The molecule has 0 aromatic heterocycles. The summed E-state index contributed by atoms with van der Waals surface area (Å²) >= 11 is 0. The molecule has 0 spiro atoms. The molecule has 22 heavy (non-hydrogen) atoms. The van der Waals surface area contributed by atoms with Gasteiger partial charge in [-0.05, 0) is 31.0 Å². The number of halogens is 3. The molecule has 0 unspecified atom stereocenters. The van der Waals surface area contributed by atoms with Crippen molar-refractivity contribution in [2.24, 2.45) is 5.14 Å². The Labute approximate surface area is 127 Å². The van der Waals surface area contributed by atoms with Gasteiger partial charge in [0, 0.05) is 18.8 Å². The molecule has 0 amide bonds. The van der Waals surface area contributed by atoms with Gasteiger partial charge in [-0.3, -0.25) is 0 Å². The predicted molar refractivity (Wildman–Crippen MR) is 76.5 cm³/mol. The van der Waals surface area contributed by atoms with Crippen molar-refractivity contribution in [1.82, 2.24) is 5.01 Å². The summed E-state index contributed by atoms with van der Waals surface area (Å²) in [5.74, 6) is 0. The Morgan fingerprint density at radius 2 is 1.68 bits per heavy atom. The fourth-order valence-corrected chi connectivity index (χ4v) is 3.17. The van der Waals surface area contributed by atoms with Gasteiger partial charge in [0.1, 0.15) is 0 Å². The van der Waals surface area contributed by atoms with Crippen molar-refractivity contribution in [2.75, 3.05) is 18.5 Å². The van der Waals surface area contributed by atoms with E-state index in [1.54, 1.807) is 0 Å². The Balaban J connectivity index is 2.30. The maximum absolute atomic E-state index is 13.0. The van der Waals surface area contributed by atoms with Crippen LogP contribution in [0.1, 0.15) is 31.2 Å². The van der Waals surface area contributed by atoms with Crippen LogP contribution in [0.15, 0.2) is 23.1 Å². The smallest absolute Gasteiger partial charge is 0.319 e. The normalized spacial score (nSPS) is 18.0. The van der Waals surface area contributed by atoms with Gasteiger partial charge < -0.3 is 5.43 Å². The molecule has 1 aliphatic rings. The molecular formula is C13H18F3N3O2S. The monoisotopic (exact) mass is 337 g/mol. The molecule has 0 bridgehead atoms. The number of anilines is 1. The van der Waals surface area contributed by atoms with Crippen LogP contribution in [0.2, 0.25) is 0 Å². The van der Waals surface area contributed by atoms with Gasteiger partial charge in [-0.25, -0.2) is 18.6 Å². The van der Waals surface area contributed by atoms with Crippen LogP contribution in [0.4, 0.5) is 18.9 Å². The van der Waals surface area contributed by atoms with Crippen molar-refractivity contribution < 1.29 is 21.6 Å². The summed E-state index contributed by atoms with van der Waals surface area (Å²) in [6.45, 7) is 1.47. The summed E-state index contributed by atoms with van der Waals surface area (Å²) < 4.78 is 61.7. The summed E-state index contributed by atoms with van der Waals surface area (Å²) in [4.78, 5) is -0.915. The van der Waals surface area contributed by atoms with E-state index in [9.17, 15) is 21.6 Å². The van der Waals surface area contributed by atoms with E-state index in [4.69, 9.17) is 5.14 Å². The number of nitrogens with zero attached hydrogens (tertiary/aromatic N) is 1. The molecule has 124 valence electrons. The highest BCUT2D eigenvalue weighted by atomic mass is 32.2. The van der Waals surface area contributed by atoms with E-state index in [1.165, 1.54) is 6.07 Å². The molecular weight excluding hydrogens is 319 g/mol. The summed E-state index contributed by atoms with van der Waals surface area (Å²) in [5, 5.41) is 6.70. The SMILES string of the molecule is NS(=O)(=O)c1ccc(NN2CCCCCC2)cc1C(F)(F)F. The van der Waals surface area contributed by atoms with Gasteiger partial charge in [-0.1, -0.05) is 12.8 Å². The van der Waals surface area contributed by atoms with Gasteiger partial charge in [0.05, 0.1) is 10.5 Å². The van der Waals surface area contributed by atoms with Crippen LogP contribution in [-0.2, 0) is 16.2 Å². The lowest BCUT2D eigenvalue weighted by Gasteiger charge is -2.23. The van der Waals surface area contributed by atoms with Crippen molar-refractivity contribution in [3.05, 3.63) is 23.8 Å². The summed E-state index contributed by atoms with van der Waals surface area (Å²) in [7, 11) is -4.43. The zero-order valence-corrected chi connectivity index (χ0v) is 12.7. The molecule has 1 aromatic rings. The van der Waals surface area contributed by atoms with E-state index in [0.717, 1.165) is 50.9 Å². The predicted octanol–water partition coefficient (Wildman–Crippen LogP) is 2.56. The Hall–Kier alpha value is -1.32. The number of hydrazine groups is 1. The first kappa shape index (κ1) is 17.0. The zero-order chi connectivity index (χ0) is 16.4. The quantitative estimate of drug-likeness (QED) is 0.889. The molecule has 0 radical (unpaired) electrons. The molecule has 1 heterocycles. The molecule has 0 aliphatic carbocycles. The standard InChI is InChI=1S/C13H18F3N3O2S/c14-13(15,16)11-9-10(5-6-12(11)22(17,20)21)18-19-7-3-1-2-4-8-19/h5-6,9,18H,1-4,7-8H2,(H2,17,20,21). The van der Waals surface area contributed by atoms with Gasteiger partial charge >= 0.3 is 6.18 Å². The second-order valence-corrected chi connectivity index (χ2v) is 6.80. The zero-order valence-electron chi connectivity index (χ0n) is 11.9. The van der Waals surface area contributed by atoms with Gasteiger partial charge in [-0.15, -0.1) is 0 Å². The van der Waals surface area contributed by atoms with Gasteiger partial charge in [0.25, 0.3) is 0 Å². The third-order valence-corrected chi connectivity index (χ3v) is 4.45. The van der Waals surface area contributed by atoms with Gasteiger partial charge in [-0.2, -0.15) is 13.2 Å². The first-order chi connectivity index (χ1) is 10.2. The van der Waals surface area contributed by atoms with Crippen LogP contribution in [0.5, 0.6) is 0 Å². The Kier molecular flexibility index (Phi) is 4.98. The highest BCUT2D eigenvalue weighted by Gasteiger charge is 2.36. The van der Waals surface area contributed by atoms with Crippen LogP contribution in [0, 0.1) is 0 Å². The second kappa shape index (κ2) is 6.43. The number of hydrogen-bond acceptors (Lipinski definition) is 4. The first-order valence-electron chi connectivity index (χ1n) is 6.93. The van der Waals surface area contributed by atoms with E-state index < -0.39 is 26.7 Å². The minimum atomic E-state index is -4.79. The minimum Gasteiger partial charge on any atom is -0.319 e. The molecule has 1 saturated heterocycles. The summed E-state index contributed by atoms with van der Waals surface area (Å²) in [6, 6.07) is 2.96. The molecule has 0 saturated carbocycles. The van der Waals surface area contributed by atoms with E-state index in [2.05, 4.69) is 5.43 Å². The second-order valence-electron chi connectivity index (χ2n) is 5.27. The van der Waals surface area contributed by atoms with Crippen molar-refractivity contribution in [3.63, 3.8) is 0 Å². The number of primary sulfonamides is 1. The van der Waals surface area contributed by atoms with Crippen molar-refractivity contribution >= 4 is 15.7 Å². The number of rotatable bonds is 3. The minimum absolute atomic E-state index is 0.196. The fourth-order valence-electron chi connectivity index (χ4n) is 2.43. The topological polar surface area (TPSA) is 75.4 Å². The van der Waals surface area contributed by atoms with Crippen molar-refractivity contribution in [1.29, 1.82) is 0 Å². The van der Waals surface area contributed by atoms with E-state index >= 15 is 0 Å². The van der Waals surface area contributed by atoms with Crippen molar-refractivity contribution in [3.8, 4) is 0 Å². The average molecular weight is 337 g/mol. The van der Waals surface area contributed by atoms with Gasteiger partial charge in [0.15, 0.2) is 0 Å². The number of benzene rings is 1. The Morgan fingerprint density at radius 1 is 1.09 bits per heavy atom. The highest BCUT2D eigenvalue weighted by molar-refractivity contribution is 7.89. The molecule has 3 N–H and O–H groups in total. The number of hydrogen-bond donors (Lipinski definition) is 2. The van der Waals surface area contributed by atoms with E-state index in [-0.39, 0.29) is 5.69 Å². The lowest BCUT2D eigenvalue weighted by Crippen LogP contribution is -2.31. The first-order valence-corrected chi connectivity index (χ1v) is 8.48. The lowest BCUT2D eigenvalue weighted by atomic mass is 10.2. The number of sulfonamides is 1. The Morgan fingerprint density at radius 3 is 2.18 bits per heavy atom. The van der Waals surface area contributed by atoms with Crippen molar-refractivity contribution in [2.45, 2.75) is 36.8 Å². The molecule has 2 rings (SSSR count). The van der Waals surface area contributed by atoms with Crippen LogP contribution >= 0.6 is 0 Å². The van der Waals surface area contributed by atoms with Crippen LogP contribution < -0.4 is 10.6 Å². The number of nitrogens with one attached hydrogen (secondary N) is 1. The van der Waals surface area contributed by atoms with E-state index in [0.29, 0.717) is 0 Å². The maximum atomic E-state index is 13.0. The average Bonchev–Trinajstić information content (AvgIpc) is 2.65. The van der Waals surface area contributed by atoms with Crippen LogP contribution in [0.25, 0.3) is 0 Å². The fraction of sp³-hybridized carbons (Fsp3) is 0.538. The van der Waals surface area contributed by atoms with Crippen LogP contribution in [0.3, 0.4) is 0 Å². The third-order valence-electron chi connectivity index (χ3n) is 3.48. The summed E-state index contributed by atoms with van der Waals surface area (Å²) in [6.07, 6.45) is -0.673. The highest BCUT2D eigenvalue weighted by Crippen LogP contribution is 2.35. The maximum Gasteiger partial charge on any atom is 0.417 e. The van der Waals surface area contributed by atoms with Gasteiger partial charge in [0.2, 0.25) is 10.0 Å². The largest absolute Gasteiger partial charge is 0.417 e. The van der Waals surface area contributed by atoms with Crippen LogP contribution in [-0.4, -0.2) is 26.5 Å². The molecule has 1 aliphatic heterocycles. The number of alkyl halides is 3. The molecule has 1 fully saturated rings. The lowest BCUT2D eigenvalue weighted by molar-refractivity contribution is -0.139. The summed E-state index contributed by atoms with van der Waals surface area (Å²) in [5.41, 5.74) is 1.85. The Bertz CT molecular complexity index is 624. The van der Waals surface area contributed by atoms with E-state index in [1.807, 2.05) is 5.01 Å². The molecule has 9 heteroatoms. The third kappa shape index (κ3) is 4.34. The molecule has 0 atom stereocenters. The number of nitrogens with two attached hydrogens (primary N) is 1. The molecule has 5 nitrogen and oxygen atoms in total. The molecule has 1 aromatic carbocycles.